The summed E-state index contributed by atoms with van der Waals surface area (Å²) in [5.41, 5.74) is 0.760. The number of carbonyl (C=O) groups excluding carboxylic acids is 1. The van der Waals surface area contributed by atoms with E-state index in [-0.39, 0.29) is 6.09 Å². The summed E-state index contributed by atoms with van der Waals surface area (Å²) >= 11 is 3.61. The van der Waals surface area contributed by atoms with Crippen LogP contribution in [0.5, 0.6) is 5.75 Å². The minimum Gasteiger partial charge on any atom is -0.494 e. The lowest BCUT2D eigenvalue weighted by Crippen LogP contribution is -2.35. The van der Waals surface area contributed by atoms with Gasteiger partial charge in [-0.2, -0.15) is 0 Å². The number of likely N-dealkylation sites (tertiary alicyclic amines) is 1. The van der Waals surface area contributed by atoms with Crippen LogP contribution in [0.3, 0.4) is 0 Å². The first-order valence-corrected chi connectivity index (χ1v) is 10.2. The van der Waals surface area contributed by atoms with Gasteiger partial charge < -0.3 is 14.4 Å². The van der Waals surface area contributed by atoms with Gasteiger partial charge in [-0.1, -0.05) is 41.4 Å². The molecule has 1 saturated heterocycles. The third-order valence-electron chi connectivity index (χ3n) is 4.34. The molecule has 1 aliphatic rings. The van der Waals surface area contributed by atoms with Crippen LogP contribution in [0.25, 0.3) is 0 Å². The highest BCUT2D eigenvalue weighted by Crippen LogP contribution is 2.35. The molecule has 1 aromatic carbocycles. The number of hydrogen-bond donors (Lipinski definition) is 0. The summed E-state index contributed by atoms with van der Waals surface area (Å²) in [7, 11) is 0. The molecule has 4 nitrogen and oxygen atoms in total. The molecule has 1 aliphatic heterocycles. The van der Waals surface area contributed by atoms with E-state index in [0.717, 1.165) is 30.5 Å². The van der Waals surface area contributed by atoms with E-state index in [1.165, 1.54) is 5.56 Å². The maximum atomic E-state index is 12.4. The second kappa shape index (κ2) is 8.93. The summed E-state index contributed by atoms with van der Waals surface area (Å²) in [6.45, 7) is 10.0. The van der Waals surface area contributed by atoms with Crippen LogP contribution in [-0.4, -0.2) is 41.6 Å². The maximum Gasteiger partial charge on any atom is 0.410 e. The molecule has 140 valence electrons. The van der Waals surface area contributed by atoms with Crippen molar-refractivity contribution in [3.63, 3.8) is 0 Å². The van der Waals surface area contributed by atoms with E-state index in [9.17, 15) is 4.79 Å². The van der Waals surface area contributed by atoms with Gasteiger partial charge in [-0.3, -0.25) is 0 Å². The van der Waals surface area contributed by atoms with E-state index >= 15 is 0 Å². The van der Waals surface area contributed by atoms with Crippen LogP contribution >= 0.6 is 15.9 Å². The number of ether oxygens (including phenoxy) is 2. The first kappa shape index (κ1) is 20.1. The second-order valence-corrected chi connectivity index (χ2v) is 8.33. The van der Waals surface area contributed by atoms with Gasteiger partial charge in [0.25, 0.3) is 0 Å². The molecule has 0 N–H and O–H groups in total. The Hall–Kier alpha value is -1.23. The zero-order valence-corrected chi connectivity index (χ0v) is 17.3. The van der Waals surface area contributed by atoms with E-state index in [2.05, 4.69) is 35.0 Å². The fourth-order valence-corrected chi connectivity index (χ4v) is 3.71. The highest BCUT2D eigenvalue weighted by Gasteiger charge is 2.37. The lowest BCUT2D eigenvalue weighted by molar-refractivity contribution is 0.0288. The summed E-state index contributed by atoms with van der Waals surface area (Å²) in [5, 5.41) is 0.859. The average molecular weight is 412 g/mol. The maximum absolute atomic E-state index is 12.4. The minimum atomic E-state index is -0.466. The second-order valence-electron chi connectivity index (χ2n) is 7.68. The summed E-state index contributed by atoms with van der Waals surface area (Å²) in [5.74, 6) is 1.58. The zero-order chi connectivity index (χ0) is 18.4. The predicted octanol–water partition coefficient (Wildman–Crippen LogP) is 5.21. The van der Waals surface area contributed by atoms with Crippen molar-refractivity contribution in [2.75, 3.05) is 25.0 Å². The molecule has 1 heterocycles. The molecular formula is C20H30BrNO3. The van der Waals surface area contributed by atoms with Gasteiger partial charge in [0.15, 0.2) is 0 Å². The molecule has 0 unspecified atom stereocenters. The molecule has 1 amide bonds. The monoisotopic (exact) mass is 411 g/mol. The summed E-state index contributed by atoms with van der Waals surface area (Å²) < 4.78 is 11.4. The van der Waals surface area contributed by atoms with Crippen molar-refractivity contribution < 1.29 is 14.3 Å². The molecule has 25 heavy (non-hydrogen) atoms. The van der Waals surface area contributed by atoms with Crippen LogP contribution in [0.15, 0.2) is 24.3 Å². The van der Waals surface area contributed by atoms with Gasteiger partial charge in [-0.15, -0.1) is 0 Å². The number of hydrogen-bond acceptors (Lipinski definition) is 3. The van der Waals surface area contributed by atoms with Crippen LogP contribution < -0.4 is 4.74 Å². The summed E-state index contributed by atoms with van der Waals surface area (Å²) in [4.78, 5) is 14.2. The Morgan fingerprint density at radius 2 is 2.08 bits per heavy atom. The molecule has 1 aromatic rings. The number of benzene rings is 1. The molecule has 1 fully saturated rings. The molecule has 0 spiro atoms. The number of rotatable bonds is 6. The highest BCUT2D eigenvalue weighted by atomic mass is 79.9. The number of carbonyl (C=O) groups is 1. The van der Waals surface area contributed by atoms with E-state index in [1.54, 1.807) is 0 Å². The van der Waals surface area contributed by atoms with Crippen molar-refractivity contribution in [1.82, 2.24) is 4.90 Å². The molecule has 2 rings (SSSR count). The first-order valence-electron chi connectivity index (χ1n) is 9.10. The van der Waals surface area contributed by atoms with Crippen LogP contribution in [0.2, 0.25) is 0 Å². The van der Waals surface area contributed by atoms with E-state index in [1.807, 2.05) is 37.8 Å². The zero-order valence-electron chi connectivity index (χ0n) is 15.8. The highest BCUT2D eigenvalue weighted by molar-refractivity contribution is 9.09. The third-order valence-corrected chi connectivity index (χ3v) is 5.18. The van der Waals surface area contributed by atoms with E-state index in [4.69, 9.17) is 9.47 Å². The Bertz CT molecular complexity index is 570. The number of alkyl halides is 1. The number of halogens is 1. The van der Waals surface area contributed by atoms with Gasteiger partial charge in [0.2, 0.25) is 0 Å². The topological polar surface area (TPSA) is 38.8 Å². The molecule has 0 radical (unpaired) electrons. The van der Waals surface area contributed by atoms with Crippen LogP contribution in [0.1, 0.15) is 52.0 Å². The van der Waals surface area contributed by atoms with Gasteiger partial charge in [-0.05, 0) is 50.8 Å². The van der Waals surface area contributed by atoms with Crippen molar-refractivity contribution in [2.45, 2.75) is 52.1 Å². The Kier molecular flexibility index (Phi) is 7.17. The molecule has 0 saturated carbocycles. The lowest BCUT2D eigenvalue weighted by Gasteiger charge is -2.24. The predicted molar refractivity (Wildman–Crippen MR) is 105 cm³/mol. The Balaban J connectivity index is 2.07. The Labute approximate surface area is 160 Å². The molecule has 0 bridgehead atoms. The van der Waals surface area contributed by atoms with Crippen molar-refractivity contribution in [1.29, 1.82) is 0 Å². The quantitative estimate of drug-likeness (QED) is 0.476. The van der Waals surface area contributed by atoms with E-state index < -0.39 is 5.60 Å². The van der Waals surface area contributed by atoms with Crippen molar-refractivity contribution in [3.05, 3.63) is 29.8 Å². The fourth-order valence-electron chi connectivity index (χ4n) is 3.05. The molecular weight excluding hydrogens is 382 g/mol. The van der Waals surface area contributed by atoms with Gasteiger partial charge >= 0.3 is 6.09 Å². The van der Waals surface area contributed by atoms with Gasteiger partial charge in [-0.25, -0.2) is 4.79 Å². The minimum absolute atomic E-state index is 0.226. The van der Waals surface area contributed by atoms with Gasteiger partial charge in [0.1, 0.15) is 11.4 Å². The molecule has 0 aliphatic carbocycles. The standard InChI is InChI=1S/C20H30BrNO3/c1-5-6-10-24-17-9-7-8-15(11-17)18-14-22(13-16(18)12-21)19(23)25-20(2,3)4/h7-9,11,16,18H,5-6,10,12-14H2,1-4H3/t16-,18-/m0/s1. The fraction of sp³-hybridized carbons (Fsp3) is 0.650. The first-order chi connectivity index (χ1) is 11.8. The Morgan fingerprint density at radius 3 is 2.72 bits per heavy atom. The van der Waals surface area contributed by atoms with Crippen LogP contribution in [0, 0.1) is 5.92 Å². The SMILES string of the molecule is CCCCOc1cccc([C@@H]2CN(C(=O)OC(C)(C)C)C[C@@H]2CBr)c1. The normalized spacial score (nSPS) is 20.6. The van der Waals surface area contributed by atoms with Crippen molar-refractivity contribution in [2.24, 2.45) is 5.92 Å². The summed E-state index contributed by atoms with van der Waals surface area (Å²) in [6.07, 6.45) is 1.96. The number of nitrogens with zero attached hydrogens (tertiary/aromatic N) is 1. The van der Waals surface area contributed by atoms with Crippen molar-refractivity contribution >= 4 is 22.0 Å². The smallest absolute Gasteiger partial charge is 0.410 e. The van der Waals surface area contributed by atoms with Crippen LogP contribution in [-0.2, 0) is 4.74 Å². The van der Waals surface area contributed by atoms with E-state index in [0.29, 0.717) is 24.9 Å². The third kappa shape index (κ3) is 5.91. The van der Waals surface area contributed by atoms with Gasteiger partial charge in [0, 0.05) is 24.3 Å². The van der Waals surface area contributed by atoms with Crippen LogP contribution in [0.4, 0.5) is 4.79 Å². The number of unbranched alkanes of at least 4 members (excludes halogenated alkanes) is 1. The van der Waals surface area contributed by atoms with Crippen molar-refractivity contribution in [3.8, 4) is 5.75 Å². The molecule has 0 aromatic heterocycles. The number of amides is 1. The Morgan fingerprint density at radius 1 is 1.32 bits per heavy atom. The molecule has 2 atom stereocenters. The molecule has 5 heteroatoms. The lowest BCUT2D eigenvalue weighted by atomic mass is 9.90. The average Bonchev–Trinajstić information content (AvgIpc) is 2.98. The largest absolute Gasteiger partial charge is 0.494 e. The summed E-state index contributed by atoms with van der Waals surface area (Å²) in [6, 6.07) is 8.29. The van der Waals surface area contributed by atoms with Gasteiger partial charge in [0.05, 0.1) is 6.61 Å².